The first-order valence-corrected chi connectivity index (χ1v) is 12.8. The summed E-state index contributed by atoms with van der Waals surface area (Å²) in [4.78, 5) is 53.5. The highest BCUT2D eigenvalue weighted by Crippen LogP contribution is 2.01. The van der Waals surface area contributed by atoms with E-state index in [0.717, 1.165) is 6.54 Å². The van der Waals surface area contributed by atoms with Crippen molar-refractivity contribution in [1.82, 2.24) is 30.2 Å². The van der Waals surface area contributed by atoms with Gasteiger partial charge in [0, 0.05) is 65.4 Å². The molecule has 1 heterocycles. The van der Waals surface area contributed by atoms with Crippen LogP contribution in [0.5, 0.6) is 0 Å². The minimum atomic E-state index is -1.01. The van der Waals surface area contributed by atoms with E-state index in [9.17, 15) is 34.5 Å². The minimum absolute atomic E-state index is 0.0695. The van der Waals surface area contributed by atoms with Gasteiger partial charge in [0.25, 0.3) is 0 Å². The van der Waals surface area contributed by atoms with Crippen LogP contribution >= 0.6 is 0 Å². The van der Waals surface area contributed by atoms with Crippen molar-refractivity contribution < 1.29 is 44.0 Å². The Bertz CT molecular complexity index is 683. The number of amides is 1. The zero-order valence-corrected chi connectivity index (χ0v) is 22.3. The van der Waals surface area contributed by atoms with E-state index in [1.54, 1.807) is 14.7 Å². The van der Waals surface area contributed by atoms with Crippen molar-refractivity contribution >= 4 is 23.8 Å². The fourth-order valence-corrected chi connectivity index (χ4v) is 3.80. The summed E-state index contributed by atoms with van der Waals surface area (Å²) in [7, 11) is 1.84. The number of hydrogen-bond donors (Lipinski definition) is 5. The minimum Gasteiger partial charge on any atom is -0.480 e. The van der Waals surface area contributed by atoms with E-state index in [0.29, 0.717) is 85.3 Å². The highest BCUT2D eigenvalue weighted by molar-refractivity contribution is 5.78. The predicted molar refractivity (Wildman–Crippen MR) is 137 cm³/mol. The third-order valence-electron chi connectivity index (χ3n) is 5.81. The lowest BCUT2D eigenvalue weighted by atomic mass is 10.3. The summed E-state index contributed by atoms with van der Waals surface area (Å²) >= 11 is 0. The van der Waals surface area contributed by atoms with Gasteiger partial charge in [-0.1, -0.05) is 0 Å². The molecule has 0 unspecified atom stereocenters. The fourth-order valence-electron chi connectivity index (χ4n) is 3.80. The molecule has 0 radical (unpaired) electrons. The van der Waals surface area contributed by atoms with Crippen LogP contribution in [0.2, 0.25) is 0 Å². The van der Waals surface area contributed by atoms with Crippen LogP contribution in [0.25, 0.3) is 0 Å². The Morgan fingerprint density at radius 2 is 0.921 bits per heavy atom. The quantitative estimate of drug-likeness (QED) is 0.115. The molecular formula is C23H44N6O9. The Balaban J connectivity index is 2.66. The van der Waals surface area contributed by atoms with E-state index in [1.165, 1.54) is 0 Å². The average Bonchev–Trinajstić information content (AvgIpc) is 2.83. The van der Waals surface area contributed by atoms with Crippen molar-refractivity contribution in [3.63, 3.8) is 0 Å². The zero-order valence-electron chi connectivity index (χ0n) is 22.3. The van der Waals surface area contributed by atoms with Gasteiger partial charge in [0.15, 0.2) is 0 Å². The first-order chi connectivity index (χ1) is 18.2. The van der Waals surface area contributed by atoms with Crippen molar-refractivity contribution in [2.45, 2.75) is 0 Å². The van der Waals surface area contributed by atoms with Crippen molar-refractivity contribution in [1.29, 1.82) is 0 Å². The lowest BCUT2D eigenvalue weighted by molar-refractivity contribution is -0.140. The molecule has 1 saturated heterocycles. The van der Waals surface area contributed by atoms with E-state index in [-0.39, 0.29) is 32.1 Å². The number of carboxylic acid groups (broad SMARTS) is 3. The van der Waals surface area contributed by atoms with E-state index in [2.05, 4.69) is 10.6 Å². The maximum absolute atomic E-state index is 12.5. The van der Waals surface area contributed by atoms with Crippen LogP contribution in [0.15, 0.2) is 0 Å². The third kappa shape index (κ3) is 18.0. The molecule has 0 aromatic rings. The van der Waals surface area contributed by atoms with E-state index >= 15 is 0 Å². The Labute approximate surface area is 223 Å². The van der Waals surface area contributed by atoms with Crippen LogP contribution in [0.3, 0.4) is 0 Å². The molecule has 1 aliphatic heterocycles. The molecule has 0 aliphatic carbocycles. The number of aliphatic carboxylic acids is 3. The highest BCUT2D eigenvalue weighted by Gasteiger charge is 2.21. The Morgan fingerprint density at radius 3 is 1.26 bits per heavy atom. The molecule has 0 bridgehead atoms. The molecule has 0 atom stereocenters. The molecule has 1 rings (SSSR count). The van der Waals surface area contributed by atoms with Gasteiger partial charge < -0.3 is 35.4 Å². The fraction of sp³-hybridized carbons (Fsp3) is 0.826. The summed E-state index contributed by atoms with van der Waals surface area (Å²) in [5.74, 6) is -3.21. The lowest BCUT2D eigenvalue weighted by Crippen LogP contribution is -2.50. The first kappa shape index (κ1) is 33.6. The van der Waals surface area contributed by atoms with Gasteiger partial charge in [-0.2, -0.15) is 0 Å². The monoisotopic (exact) mass is 548 g/mol. The van der Waals surface area contributed by atoms with Gasteiger partial charge >= 0.3 is 17.9 Å². The molecule has 0 saturated carbocycles. The van der Waals surface area contributed by atoms with Gasteiger partial charge in [-0.15, -0.1) is 0 Å². The molecule has 0 aromatic carbocycles. The predicted octanol–water partition coefficient (Wildman–Crippen LogP) is -3.17. The van der Waals surface area contributed by atoms with Crippen molar-refractivity contribution in [3.8, 4) is 0 Å². The molecule has 0 spiro atoms. The number of likely N-dealkylation sites (N-methyl/N-ethyl adjacent to an activating group) is 1. The van der Waals surface area contributed by atoms with Gasteiger partial charge in [0.05, 0.1) is 52.6 Å². The smallest absolute Gasteiger partial charge is 0.317 e. The summed E-state index contributed by atoms with van der Waals surface area (Å²) in [6.07, 6.45) is 0. The third-order valence-corrected chi connectivity index (χ3v) is 5.81. The maximum Gasteiger partial charge on any atom is 0.317 e. The molecule has 15 nitrogen and oxygen atoms in total. The van der Waals surface area contributed by atoms with Crippen molar-refractivity contribution in [2.24, 2.45) is 0 Å². The number of nitrogens with zero attached hydrogens (tertiary/aromatic N) is 4. The summed E-state index contributed by atoms with van der Waals surface area (Å²) in [5.41, 5.74) is 0. The van der Waals surface area contributed by atoms with Crippen LogP contribution in [-0.4, -0.2) is 184 Å². The second kappa shape index (κ2) is 20.5. The van der Waals surface area contributed by atoms with Crippen LogP contribution in [-0.2, 0) is 28.7 Å². The summed E-state index contributed by atoms with van der Waals surface area (Å²) in [6, 6.07) is 0. The number of rotatable bonds is 17. The number of hydrogen-bond acceptors (Lipinski definition) is 11. The Kier molecular flexibility index (Phi) is 18.2. The molecule has 38 heavy (non-hydrogen) atoms. The number of ether oxygens (including phenoxy) is 2. The number of carbonyl (C=O) groups excluding carboxylic acids is 1. The van der Waals surface area contributed by atoms with Crippen LogP contribution in [0, 0.1) is 0 Å². The van der Waals surface area contributed by atoms with Gasteiger partial charge in [0.2, 0.25) is 5.91 Å². The molecule has 5 N–H and O–H groups in total. The number of nitrogens with one attached hydrogen (secondary N) is 2. The second-order valence-corrected chi connectivity index (χ2v) is 8.96. The molecule has 0 aromatic heterocycles. The standard InChI is InChI=1S/C23H44N6O9/c1-24-2-12-37-14-15-38-13-3-25-20(30)16-26-4-6-27(17-21(31)32)8-10-29(19-23(35)36)11-9-28(7-5-26)18-22(33)34/h24H,2-19H2,1H3,(H,25,30)(H,31,32)(H,33,34)(H,35,36). The lowest BCUT2D eigenvalue weighted by Gasteiger charge is -2.32. The first-order valence-electron chi connectivity index (χ1n) is 12.8. The maximum atomic E-state index is 12.5. The van der Waals surface area contributed by atoms with Gasteiger partial charge in [-0.3, -0.25) is 38.8 Å². The van der Waals surface area contributed by atoms with Crippen molar-refractivity contribution in [2.75, 3.05) is 125 Å². The Hall–Kier alpha value is -2.40. The SMILES string of the molecule is CNCCOCCOCCNC(=O)CN1CCN(CC(=O)O)CCN(CC(=O)O)CCN(CC(=O)O)CC1. The number of carbonyl (C=O) groups is 4. The molecule has 1 aliphatic rings. The largest absolute Gasteiger partial charge is 0.480 e. The van der Waals surface area contributed by atoms with Gasteiger partial charge in [-0.05, 0) is 7.05 Å². The molecule has 1 amide bonds. The molecular weight excluding hydrogens is 504 g/mol. The highest BCUT2D eigenvalue weighted by atomic mass is 16.5. The summed E-state index contributed by atoms with van der Waals surface area (Å²) in [5, 5.41) is 33.6. The van der Waals surface area contributed by atoms with Crippen LogP contribution in [0.4, 0.5) is 0 Å². The molecule has 15 heteroatoms. The van der Waals surface area contributed by atoms with Crippen LogP contribution < -0.4 is 10.6 Å². The van der Waals surface area contributed by atoms with Crippen LogP contribution in [0.1, 0.15) is 0 Å². The second-order valence-electron chi connectivity index (χ2n) is 8.96. The van der Waals surface area contributed by atoms with Crippen molar-refractivity contribution in [3.05, 3.63) is 0 Å². The Morgan fingerprint density at radius 1 is 0.579 bits per heavy atom. The summed E-state index contributed by atoms with van der Waals surface area (Å²) in [6.45, 7) is 5.15. The van der Waals surface area contributed by atoms with Gasteiger partial charge in [0.1, 0.15) is 0 Å². The molecule has 1 fully saturated rings. The average molecular weight is 549 g/mol. The molecule has 220 valence electrons. The van der Waals surface area contributed by atoms with Gasteiger partial charge in [-0.25, -0.2) is 0 Å². The normalized spacial score (nSPS) is 17.4. The topological polar surface area (TPSA) is 184 Å². The van der Waals surface area contributed by atoms with E-state index in [1.807, 2.05) is 11.9 Å². The number of carboxylic acids is 3. The van der Waals surface area contributed by atoms with E-state index < -0.39 is 17.9 Å². The summed E-state index contributed by atoms with van der Waals surface area (Å²) < 4.78 is 10.8. The van der Waals surface area contributed by atoms with E-state index in [4.69, 9.17) is 9.47 Å². The zero-order chi connectivity index (χ0) is 28.2.